The third-order valence-corrected chi connectivity index (χ3v) is 6.17. The van der Waals surface area contributed by atoms with E-state index >= 15 is 0 Å². The fourth-order valence-electron chi connectivity index (χ4n) is 2.80. The number of aromatic nitrogens is 2. The van der Waals surface area contributed by atoms with Crippen LogP contribution < -0.4 is 15.4 Å². The molecule has 0 atom stereocenters. The monoisotopic (exact) mass is 450 g/mol. The van der Waals surface area contributed by atoms with Crippen LogP contribution in [0.1, 0.15) is 10.4 Å². The fourth-order valence-corrected chi connectivity index (χ4v) is 4.38. The van der Waals surface area contributed by atoms with Crippen LogP contribution in [-0.4, -0.2) is 34.6 Å². The van der Waals surface area contributed by atoms with Crippen LogP contribution in [0.2, 0.25) is 0 Å². The molecule has 0 unspecified atom stereocenters. The van der Waals surface area contributed by atoms with Gasteiger partial charge in [-0.1, -0.05) is 11.8 Å². The van der Waals surface area contributed by atoms with Crippen LogP contribution in [0.15, 0.2) is 71.3 Å². The van der Waals surface area contributed by atoms with Crippen LogP contribution in [0.5, 0.6) is 5.75 Å². The van der Waals surface area contributed by atoms with Gasteiger partial charge in [0.25, 0.3) is 5.91 Å². The number of ether oxygens (including phenoxy) is 1. The normalized spacial score (nSPS) is 10.6. The van der Waals surface area contributed by atoms with Gasteiger partial charge in [0.05, 0.1) is 12.9 Å². The summed E-state index contributed by atoms with van der Waals surface area (Å²) in [7, 11) is 1.59. The predicted molar refractivity (Wildman–Crippen MR) is 124 cm³/mol. The van der Waals surface area contributed by atoms with Crippen molar-refractivity contribution in [2.24, 2.45) is 0 Å². The predicted octanol–water partition coefficient (Wildman–Crippen LogP) is 4.68. The van der Waals surface area contributed by atoms with Crippen molar-refractivity contribution in [1.82, 2.24) is 9.97 Å². The number of hydrogen-bond donors (Lipinski definition) is 2. The summed E-state index contributed by atoms with van der Waals surface area (Å²) in [6.45, 7) is 0. The number of rotatable bonds is 7. The van der Waals surface area contributed by atoms with Crippen molar-refractivity contribution in [3.63, 3.8) is 0 Å². The highest BCUT2D eigenvalue weighted by Crippen LogP contribution is 2.27. The lowest BCUT2D eigenvalue weighted by atomic mass is 10.2. The molecule has 2 aromatic carbocycles. The number of thiophene rings is 1. The molecule has 9 heteroatoms. The Kier molecular flexibility index (Phi) is 6.44. The molecule has 0 bridgehead atoms. The Hall–Kier alpha value is -3.43. The summed E-state index contributed by atoms with van der Waals surface area (Å²) < 4.78 is 5.11. The average molecular weight is 451 g/mol. The minimum atomic E-state index is -0.234. The molecule has 4 rings (SSSR count). The number of methoxy groups -OCH3 is 1. The van der Waals surface area contributed by atoms with Gasteiger partial charge < -0.3 is 15.4 Å². The highest BCUT2D eigenvalue weighted by atomic mass is 32.2. The molecule has 0 radical (unpaired) electrons. The fraction of sp³-hybridized carbons (Fsp3) is 0.0909. The van der Waals surface area contributed by atoms with E-state index in [4.69, 9.17) is 4.74 Å². The zero-order valence-electron chi connectivity index (χ0n) is 16.5. The summed E-state index contributed by atoms with van der Waals surface area (Å²) in [6, 6.07) is 15.8. The van der Waals surface area contributed by atoms with Crippen molar-refractivity contribution < 1.29 is 14.3 Å². The Morgan fingerprint density at radius 1 is 0.968 bits per heavy atom. The molecule has 156 valence electrons. The molecule has 0 aliphatic rings. The Labute approximate surface area is 186 Å². The van der Waals surface area contributed by atoms with E-state index < -0.39 is 0 Å². The number of anilines is 2. The maximum atomic E-state index is 12.4. The van der Waals surface area contributed by atoms with Crippen LogP contribution in [0.25, 0.3) is 10.2 Å². The molecule has 0 saturated carbocycles. The summed E-state index contributed by atoms with van der Waals surface area (Å²) in [4.78, 5) is 34.1. The van der Waals surface area contributed by atoms with Crippen molar-refractivity contribution in [1.29, 1.82) is 0 Å². The minimum absolute atomic E-state index is 0.151. The third kappa shape index (κ3) is 5.19. The number of benzene rings is 2. The molecule has 2 heterocycles. The van der Waals surface area contributed by atoms with Gasteiger partial charge in [-0.25, -0.2) is 9.97 Å². The van der Waals surface area contributed by atoms with E-state index in [1.807, 2.05) is 11.4 Å². The molecule has 2 N–H and O–H groups in total. The Balaban J connectivity index is 1.31. The third-order valence-electron chi connectivity index (χ3n) is 4.34. The number of carbonyl (C=O) groups excluding carboxylic acids is 2. The number of nitrogens with zero attached hydrogens (tertiary/aromatic N) is 2. The van der Waals surface area contributed by atoms with Gasteiger partial charge >= 0.3 is 0 Å². The van der Waals surface area contributed by atoms with E-state index in [0.29, 0.717) is 16.9 Å². The maximum Gasteiger partial charge on any atom is 0.255 e. The topological polar surface area (TPSA) is 93.2 Å². The van der Waals surface area contributed by atoms with E-state index in [2.05, 4.69) is 20.6 Å². The van der Waals surface area contributed by atoms with Crippen LogP contribution in [0.4, 0.5) is 11.4 Å². The van der Waals surface area contributed by atoms with E-state index in [9.17, 15) is 9.59 Å². The Bertz CT molecular complexity index is 1210. The van der Waals surface area contributed by atoms with Crippen LogP contribution in [0, 0.1) is 0 Å². The van der Waals surface area contributed by atoms with Crippen LogP contribution in [0.3, 0.4) is 0 Å². The highest BCUT2D eigenvalue weighted by molar-refractivity contribution is 8.00. The summed E-state index contributed by atoms with van der Waals surface area (Å²) in [5.41, 5.74) is 1.78. The number of thioether (sulfide) groups is 1. The second-order valence-corrected chi connectivity index (χ2v) is 8.27. The highest BCUT2D eigenvalue weighted by Gasteiger charge is 2.10. The van der Waals surface area contributed by atoms with E-state index in [0.717, 1.165) is 21.0 Å². The number of hydrogen-bond acceptors (Lipinski definition) is 7. The summed E-state index contributed by atoms with van der Waals surface area (Å²) in [5, 5.41) is 9.36. The quantitative estimate of drug-likeness (QED) is 0.314. The average Bonchev–Trinajstić information content (AvgIpc) is 3.28. The molecule has 7 nitrogen and oxygen atoms in total. The molecule has 0 spiro atoms. The van der Waals surface area contributed by atoms with Gasteiger partial charge in [0.15, 0.2) is 0 Å². The number of amides is 2. The maximum absolute atomic E-state index is 12.4. The van der Waals surface area contributed by atoms with Crippen molar-refractivity contribution >= 4 is 56.5 Å². The SMILES string of the molecule is COc1ccc(NC(=O)c2ccc(NC(=O)CSc3ncnc4sccc34)cc2)cc1. The number of carbonyl (C=O) groups is 2. The summed E-state index contributed by atoms with van der Waals surface area (Å²) >= 11 is 2.90. The van der Waals surface area contributed by atoms with E-state index in [1.165, 1.54) is 18.1 Å². The van der Waals surface area contributed by atoms with Crippen molar-refractivity contribution in [2.75, 3.05) is 23.5 Å². The smallest absolute Gasteiger partial charge is 0.255 e. The van der Waals surface area contributed by atoms with E-state index in [1.54, 1.807) is 67.0 Å². The van der Waals surface area contributed by atoms with Gasteiger partial charge in [-0.05, 0) is 60.0 Å². The standard InChI is InChI=1S/C22H18N4O3S2/c1-29-17-8-6-16(7-9-17)26-20(28)14-2-4-15(5-3-14)25-19(27)12-31-22-18-10-11-30-21(18)23-13-24-22/h2-11,13H,12H2,1H3,(H,25,27)(H,26,28). The van der Waals surface area contributed by atoms with Gasteiger partial charge in [-0.3, -0.25) is 9.59 Å². The molecule has 4 aromatic rings. The number of nitrogens with one attached hydrogen (secondary N) is 2. The molecule has 31 heavy (non-hydrogen) atoms. The second-order valence-electron chi connectivity index (χ2n) is 6.42. The molecule has 0 fully saturated rings. The molecule has 0 aliphatic carbocycles. The minimum Gasteiger partial charge on any atom is -0.497 e. The first kappa shape index (κ1) is 20.8. The van der Waals surface area contributed by atoms with Crippen LogP contribution >= 0.6 is 23.1 Å². The number of fused-ring (bicyclic) bond motifs is 1. The van der Waals surface area contributed by atoms with Gasteiger partial charge in [-0.2, -0.15) is 0 Å². The first-order chi connectivity index (χ1) is 15.1. The first-order valence-electron chi connectivity index (χ1n) is 9.29. The van der Waals surface area contributed by atoms with Crippen molar-refractivity contribution in [3.8, 4) is 5.75 Å². The zero-order chi connectivity index (χ0) is 21.6. The molecule has 0 aliphatic heterocycles. The lowest BCUT2D eigenvalue weighted by Crippen LogP contribution is -2.15. The second kappa shape index (κ2) is 9.59. The van der Waals surface area contributed by atoms with E-state index in [-0.39, 0.29) is 17.6 Å². The van der Waals surface area contributed by atoms with Crippen molar-refractivity contribution in [3.05, 3.63) is 71.9 Å². The Morgan fingerprint density at radius 3 is 2.42 bits per heavy atom. The molecular weight excluding hydrogens is 432 g/mol. The van der Waals surface area contributed by atoms with Gasteiger partial charge in [0.1, 0.15) is 21.9 Å². The largest absolute Gasteiger partial charge is 0.497 e. The van der Waals surface area contributed by atoms with Gasteiger partial charge in [0.2, 0.25) is 5.91 Å². The van der Waals surface area contributed by atoms with Gasteiger partial charge in [-0.15, -0.1) is 11.3 Å². The zero-order valence-corrected chi connectivity index (χ0v) is 18.1. The van der Waals surface area contributed by atoms with Crippen LogP contribution in [-0.2, 0) is 4.79 Å². The van der Waals surface area contributed by atoms with Crippen molar-refractivity contribution in [2.45, 2.75) is 5.03 Å². The molecule has 2 aromatic heterocycles. The first-order valence-corrected chi connectivity index (χ1v) is 11.2. The molecular formula is C22H18N4O3S2. The molecule has 2 amide bonds. The Morgan fingerprint density at radius 2 is 1.68 bits per heavy atom. The lowest BCUT2D eigenvalue weighted by Gasteiger charge is -2.08. The molecule has 0 saturated heterocycles. The summed E-state index contributed by atoms with van der Waals surface area (Å²) in [5.74, 6) is 0.557. The summed E-state index contributed by atoms with van der Waals surface area (Å²) in [6.07, 6.45) is 1.51. The van der Waals surface area contributed by atoms with Gasteiger partial charge in [0, 0.05) is 22.3 Å². The lowest BCUT2D eigenvalue weighted by molar-refractivity contribution is -0.113.